The van der Waals surface area contributed by atoms with E-state index in [0.29, 0.717) is 0 Å². The Labute approximate surface area is 80.9 Å². The van der Waals surface area contributed by atoms with Crippen LogP contribution >= 0.6 is 0 Å². The fourth-order valence-electron chi connectivity index (χ4n) is 1.37. The molecule has 0 amide bonds. The lowest BCUT2D eigenvalue weighted by Crippen LogP contribution is -2.38. The van der Waals surface area contributed by atoms with Crippen LogP contribution in [0.3, 0.4) is 0 Å². The van der Waals surface area contributed by atoms with Gasteiger partial charge in [-0.15, -0.1) is 0 Å². The van der Waals surface area contributed by atoms with Crippen LogP contribution in [0.25, 0.3) is 0 Å². The van der Waals surface area contributed by atoms with Gasteiger partial charge in [0.05, 0.1) is 13.2 Å². The third-order valence-electron chi connectivity index (χ3n) is 2.15. The molecule has 0 aromatic carbocycles. The minimum absolute atomic E-state index is 0.104. The molecule has 0 saturated carbocycles. The maximum absolute atomic E-state index is 5.62. The summed E-state index contributed by atoms with van der Waals surface area (Å²) in [5, 5.41) is 0. The fourth-order valence-corrected chi connectivity index (χ4v) is 1.37. The molecule has 1 aliphatic heterocycles. The molecule has 0 bridgehead atoms. The fraction of sp³-hybridized carbons (Fsp3) is 0.818. The van der Waals surface area contributed by atoms with Crippen molar-refractivity contribution in [2.45, 2.75) is 40.4 Å². The van der Waals surface area contributed by atoms with Crippen molar-refractivity contribution in [2.75, 3.05) is 13.2 Å². The number of rotatable bonds is 2. The Hall–Kier alpha value is -0.340. The second-order valence-electron chi connectivity index (χ2n) is 4.47. The molecule has 0 atom stereocenters. The zero-order valence-electron chi connectivity index (χ0n) is 9.09. The van der Waals surface area contributed by atoms with Gasteiger partial charge < -0.3 is 9.47 Å². The highest BCUT2D eigenvalue weighted by Gasteiger charge is 2.28. The highest BCUT2D eigenvalue weighted by Crippen LogP contribution is 2.25. The Kier molecular flexibility index (Phi) is 3.51. The molecule has 1 fully saturated rings. The smallest absolute Gasteiger partial charge is 0.179 e. The largest absolute Gasteiger partial charge is 0.348 e. The van der Waals surface area contributed by atoms with Crippen molar-refractivity contribution in [3.8, 4) is 0 Å². The third kappa shape index (κ3) is 3.12. The molecule has 1 heterocycles. The molecule has 0 aromatic heterocycles. The standard InChI is InChI=1S/C11H20O2/c1-5-6-9(2)10-12-7-11(3,4)8-13-10/h6,10H,5,7-8H2,1-4H3/b9-6+. The molecule has 1 saturated heterocycles. The van der Waals surface area contributed by atoms with E-state index in [2.05, 4.69) is 33.8 Å². The lowest BCUT2D eigenvalue weighted by Gasteiger charge is -2.34. The predicted octanol–water partition coefficient (Wildman–Crippen LogP) is 2.74. The molecule has 0 N–H and O–H groups in total. The molecule has 0 spiro atoms. The van der Waals surface area contributed by atoms with Crippen LogP contribution in [0.15, 0.2) is 11.6 Å². The maximum atomic E-state index is 5.62. The molecule has 2 nitrogen and oxygen atoms in total. The first-order valence-electron chi connectivity index (χ1n) is 4.95. The van der Waals surface area contributed by atoms with Crippen molar-refractivity contribution in [3.05, 3.63) is 11.6 Å². The van der Waals surface area contributed by atoms with Crippen molar-refractivity contribution in [1.29, 1.82) is 0 Å². The van der Waals surface area contributed by atoms with Gasteiger partial charge in [0, 0.05) is 5.41 Å². The van der Waals surface area contributed by atoms with Gasteiger partial charge in [-0.2, -0.15) is 0 Å². The van der Waals surface area contributed by atoms with Crippen LogP contribution in [0.1, 0.15) is 34.1 Å². The van der Waals surface area contributed by atoms with Crippen LogP contribution in [0.5, 0.6) is 0 Å². The van der Waals surface area contributed by atoms with Crippen molar-refractivity contribution in [1.82, 2.24) is 0 Å². The van der Waals surface area contributed by atoms with E-state index in [0.717, 1.165) is 19.6 Å². The minimum atomic E-state index is -0.104. The summed E-state index contributed by atoms with van der Waals surface area (Å²) in [4.78, 5) is 0. The molecule has 0 unspecified atom stereocenters. The van der Waals surface area contributed by atoms with Crippen LogP contribution in [0, 0.1) is 5.41 Å². The Morgan fingerprint density at radius 2 is 1.92 bits per heavy atom. The van der Waals surface area contributed by atoms with Crippen LogP contribution < -0.4 is 0 Å². The van der Waals surface area contributed by atoms with Crippen molar-refractivity contribution < 1.29 is 9.47 Å². The molecule has 0 aromatic rings. The van der Waals surface area contributed by atoms with Crippen LogP contribution in [0.4, 0.5) is 0 Å². The first kappa shape index (κ1) is 10.7. The quantitative estimate of drug-likeness (QED) is 0.614. The Balaban J connectivity index is 2.45. The van der Waals surface area contributed by atoms with E-state index >= 15 is 0 Å². The molecule has 1 aliphatic rings. The summed E-state index contributed by atoms with van der Waals surface area (Å²) < 4.78 is 11.2. The molecule has 13 heavy (non-hydrogen) atoms. The summed E-state index contributed by atoms with van der Waals surface area (Å²) >= 11 is 0. The van der Waals surface area contributed by atoms with E-state index in [9.17, 15) is 0 Å². The molecular weight excluding hydrogens is 164 g/mol. The van der Waals surface area contributed by atoms with Gasteiger partial charge in [0.25, 0.3) is 0 Å². The normalized spacial score (nSPS) is 24.8. The number of allylic oxidation sites excluding steroid dienone is 1. The van der Waals surface area contributed by atoms with Crippen molar-refractivity contribution >= 4 is 0 Å². The van der Waals surface area contributed by atoms with E-state index < -0.39 is 0 Å². The van der Waals surface area contributed by atoms with Crippen molar-refractivity contribution in [2.24, 2.45) is 5.41 Å². The van der Waals surface area contributed by atoms with E-state index in [-0.39, 0.29) is 11.7 Å². The molecular formula is C11H20O2. The van der Waals surface area contributed by atoms with Gasteiger partial charge in [-0.25, -0.2) is 0 Å². The SMILES string of the molecule is CC/C=C(\C)C1OCC(C)(C)CO1. The molecule has 0 radical (unpaired) electrons. The zero-order valence-corrected chi connectivity index (χ0v) is 9.09. The second-order valence-corrected chi connectivity index (χ2v) is 4.47. The summed E-state index contributed by atoms with van der Waals surface area (Å²) in [5.74, 6) is 0. The summed E-state index contributed by atoms with van der Waals surface area (Å²) in [6, 6.07) is 0. The van der Waals surface area contributed by atoms with Gasteiger partial charge in [0.1, 0.15) is 0 Å². The lowest BCUT2D eigenvalue weighted by atomic mass is 9.95. The van der Waals surface area contributed by atoms with E-state index in [1.54, 1.807) is 0 Å². The summed E-state index contributed by atoms with van der Waals surface area (Å²) in [5.41, 5.74) is 1.36. The monoisotopic (exact) mass is 184 g/mol. The topological polar surface area (TPSA) is 18.5 Å². The summed E-state index contributed by atoms with van der Waals surface area (Å²) in [6.07, 6.45) is 3.09. The predicted molar refractivity (Wildman–Crippen MR) is 53.5 cm³/mol. The lowest BCUT2D eigenvalue weighted by molar-refractivity contribution is -0.202. The van der Waals surface area contributed by atoms with Crippen LogP contribution in [-0.4, -0.2) is 19.5 Å². The first-order valence-corrected chi connectivity index (χ1v) is 4.95. The Morgan fingerprint density at radius 1 is 1.38 bits per heavy atom. The van der Waals surface area contributed by atoms with Gasteiger partial charge in [-0.1, -0.05) is 26.8 Å². The highest BCUT2D eigenvalue weighted by atomic mass is 16.7. The van der Waals surface area contributed by atoms with Gasteiger partial charge in [0.15, 0.2) is 6.29 Å². The zero-order chi connectivity index (χ0) is 9.90. The molecule has 1 rings (SSSR count). The number of hydrogen-bond donors (Lipinski definition) is 0. The average molecular weight is 184 g/mol. The van der Waals surface area contributed by atoms with Crippen LogP contribution in [0.2, 0.25) is 0 Å². The summed E-state index contributed by atoms with van der Waals surface area (Å²) in [6.45, 7) is 10.1. The number of ether oxygens (including phenoxy) is 2. The van der Waals surface area contributed by atoms with Crippen LogP contribution in [-0.2, 0) is 9.47 Å². The van der Waals surface area contributed by atoms with Gasteiger partial charge in [0.2, 0.25) is 0 Å². The average Bonchev–Trinajstić information content (AvgIpc) is 2.04. The van der Waals surface area contributed by atoms with E-state index in [1.807, 2.05) is 0 Å². The third-order valence-corrected chi connectivity index (χ3v) is 2.15. The first-order chi connectivity index (χ1) is 6.05. The molecule has 2 heteroatoms. The second kappa shape index (κ2) is 4.25. The number of hydrogen-bond acceptors (Lipinski definition) is 2. The molecule has 76 valence electrons. The van der Waals surface area contributed by atoms with Gasteiger partial charge >= 0.3 is 0 Å². The van der Waals surface area contributed by atoms with E-state index in [1.165, 1.54) is 5.57 Å². The molecule has 0 aliphatic carbocycles. The maximum Gasteiger partial charge on any atom is 0.179 e. The van der Waals surface area contributed by atoms with E-state index in [4.69, 9.17) is 9.47 Å². The minimum Gasteiger partial charge on any atom is -0.348 e. The Bertz CT molecular complexity index is 184. The van der Waals surface area contributed by atoms with Crippen molar-refractivity contribution in [3.63, 3.8) is 0 Å². The van der Waals surface area contributed by atoms with Gasteiger partial charge in [-0.3, -0.25) is 0 Å². The highest BCUT2D eigenvalue weighted by molar-refractivity contribution is 5.02. The summed E-state index contributed by atoms with van der Waals surface area (Å²) in [7, 11) is 0. The Morgan fingerprint density at radius 3 is 2.38 bits per heavy atom. The van der Waals surface area contributed by atoms with Gasteiger partial charge in [-0.05, 0) is 18.9 Å².